The van der Waals surface area contributed by atoms with Gasteiger partial charge in [0.05, 0.1) is 5.56 Å². The van der Waals surface area contributed by atoms with Gasteiger partial charge >= 0.3 is 6.18 Å². The Morgan fingerprint density at radius 2 is 1.85 bits per heavy atom. The zero-order valence-electron chi connectivity index (χ0n) is 6.33. The number of hydrogen-bond donors (Lipinski definition) is 0. The van der Waals surface area contributed by atoms with E-state index in [0.29, 0.717) is 5.33 Å². The van der Waals surface area contributed by atoms with Gasteiger partial charge in [0.15, 0.2) is 0 Å². The van der Waals surface area contributed by atoms with Crippen LogP contribution in [-0.2, 0) is 11.5 Å². The molecule has 1 rings (SSSR count). The van der Waals surface area contributed by atoms with Gasteiger partial charge in [-0.05, 0) is 17.7 Å². The first-order valence-electron chi connectivity index (χ1n) is 3.36. The van der Waals surface area contributed by atoms with Crippen LogP contribution in [0.2, 0.25) is 0 Å². The normalized spacial score (nSPS) is 11.8. The van der Waals surface area contributed by atoms with Gasteiger partial charge in [0.2, 0.25) is 0 Å². The van der Waals surface area contributed by atoms with E-state index in [-0.39, 0.29) is 4.47 Å². The molecule has 0 saturated carbocycles. The molecule has 5 heteroatoms. The summed E-state index contributed by atoms with van der Waals surface area (Å²) in [5.41, 5.74) is 0.164. The SMILES string of the molecule is FC(F)(F)c1ccc(CBr)cc1Br. The van der Waals surface area contributed by atoms with Crippen LogP contribution in [0.3, 0.4) is 0 Å². The minimum absolute atomic E-state index is 0.0805. The van der Waals surface area contributed by atoms with Crippen molar-refractivity contribution in [1.82, 2.24) is 0 Å². The second kappa shape index (κ2) is 4.00. The highest BCUT2D eigenvalue weighted by molar-refractivity contribution is 9.10. The van der Waals surface area contributed by atoms with Crippen molar-refractivity contribution in [2.75, 3.05) is 0 Å². The van der Waals surface area contributed by atoms with Gasteiger partial charge in [-0.3, -0.25) is 0 Å². The van der Waals surface area contributed by atoms with Crippen LogP contribution in [0.4, 0.5) is 13.2 Å². The molecule has 0 amide bonds. The molecular formula is C8H5Br2F3. The molecule has 0 bridgehead atoms. The Morgan fingerprint density at radius 1 is 1.23 bits per heavy atom. The number of halogens is 5. The van der Waals surface area contributed by atoms with E-state index < -0.39 is 11.7 Å². The van der Waals surface area contributed by atoms with Gasteiger partial charge < -0.3 is 0 Å². The summed E-state index contributed by atoms with van der Waals surface area (Å²) in [7, 11) is 0. The highest BCUT2D eigenvalue weighted by Crippen LogP contribution is 2.35. The van der Waals surface area contributed by atoms with E-state index in [2.05, 4.69) is 31.9 Å². The van der Waals surface area contributed by atoms with E-state index in [4.69, 9.17) is 0 Å². The van der Waals surface area contributed by atoms with Gasteiger partial charge in [-0.2, -0.15) is 13.2 Å². The van der Waals surface area contributed by atoms with Crippen molar-refractivity contribution in [1.29, 1.82) is 0 Å². The zero-order chi connectivity index (χ0) is 10.1. The van der Waals surface area contributed by atoms with Crippen LogP contribution in [0.1, 0.15) is 11.1 Å². The van der Waals surface area contributed by atoms with Crippen LogP contribution in [0, 0.1) is 0 Å². The lowest BCUT2D eigenvalue weighted by molar-refractivity contribution is -0.138. The summed E-state index contributed by atoms with van der Waals surface area (Å²) in [6.07, 6.45) is -4.29. The van der Waals surface area contributed by atoms with Crippen LogP contribution >= 0.6 is 31.9 Å². The first-order valence-corrected chi connectivity index (χ1v) is 5.28. The first-order chi connectivity index (χ1) is 5.95. The van der Waals surface area contributed by atoms with Gasteiger partial charge in [-0.25, -0.2) is 0 Å². The molecule has 0 radical (unpaired) electrons. The van der Waals surface area contributed by atoms with Crippen molar-refractivity contribution in [3.63, 3.8) is 0 Å². The van der Waals surface area contributed by atoms with Crippen LogP contribution in [0.5, 0.6) is 0 Å². The predicted octanol–water partition coefficient (Wildman–Crippen LogP) is 4.36. The highest BCUT2D eigenvalue weighted by atomic mass is 79.9. The summed E-state index contributed by atoms with van der Waals surface area (Å²) in [4.78, 5) is 0. The average molecular weight is 318 g/mol. The monoisotopic (exact) mass is 316 g/mol. The van der Waals surface area contributed by atoms with E-state index in [1.165, 1.54) is 12.1 Å². The van der Waals surface area contributed by atoms with Crippen LogP contribution in [0.25, 0.3) is 0 Å². The van der Waals surface area contributed by atoms with E-state index >= 15 is 0 Å². The summed E-state index contributed by atoms with van der Waals surface area (Å²) < 4.78 is 36.8. The fourth-order valence-corrected chi connectivity index (χ4v) is 1.87. The third-order valence-corrected chi connectivity index (χ3v) is 2.80. The lowest BCUT2D eigenvalue weighted by Gasteiger charge is -2.09. The molecule has 0 atom stereocenters. The molecule has 13 heavy (non-hydrogen) atoms. The van der Waals surface area contributed by atoms with Crippen molar-refractivity contribution in [2.45, 2.75) is 11.5 Å². The topological polar surface area (TPSA) is 0 Å². The van der Waals surface area contributed by atoms with Gasteiger partial charge in [-0.1, -0.05) is 37.9 Å². The number of benzene rings is 1. The predicted molar refractivity (Wildman–Crippen MR) is 51.8 cm³/mol. The summed E-state index contributed by atoms with van der Waals surface area (Å²) >= 11 is 6.05. The van der Waals surface area contributed by atoms with E-state index in [1.807, 2.05) is 0 Å². The summed E-state index contributed by atoms with van der Waals surface area (Å²) in [5, 5.41) is 0.545. The Balaban J connectivity index is 3.13. The molecule has 0 spiro atoms. The van der Waals surface area contributed by atoms with Gasteiger partial charge in [0.25, 0.3) is 0 Å². The second-order valence-electron chi connectivity index (χ2n) is 2.45. The molecule has 0 saturated heterocycles. The maximum atomic E-state index is 12.2. The fraction of sp³-hybridized carbons (Fsp3) is 0.250. The van der Waals surface area contributed by atoms with E-state index in [0.717, 1.165) is 11.6 Å². The minimum atomic E-state index is -4.29. The van der Waals surface area contributed by atoms with Crippen molar-refractivity contribution in [3.05, 3.63) is 33.8 Å². The standard InChI is InChI=1S/C8H5Br2F3/c9-4-5-1-2-6(7(10)3-5)8(11,12)13/h1-3H,4H2. The molecule has 0 aromatic heterocycles. The Bertz CT molecular complexity index is 307. The fourth-order valence-electron chi connectivity index (χ4n) is 0.872. The molecule has 0 heterocycles. The molecule has 0 aliphatic rings. The molecule has 0 N–H and O–H groups in total. The van der Waals surface area contributed by atoms with Crippen LogP contribution in [-0.4, -0.2) is 0 Å². The van der Waals surface area contributed by atoms with Crippen molar-refractivity contribution >= 4 is 31.9 Å². The largest absolute Gasteiger partial charge is 0.417 e. The average Bonchev–Trinajstić information content (AvgIpc) is 2.01. The number of rotatable bonds is 1. The molecule has 0 fully saturated rings. The molecule has 0 aliphatic heterocycles. The smallest absolute Gasteiger partial charge is 0.166 e. The molecule has 72 valence electrons. The zero-order valence-corrected chi connectivity index (χ0v) is 9.50. The lowest BCUT2D eigenvalue weighted by atomic mass is 10.1. The molecular weight excluding hydrogens is 313 g/mol. The maximum absolute atomic E-state index is 12.2. The number of hydrogen-bond acceptors (Lipinski definition) is 0. The third-order valence-electron chi connectivity index (χ3n) is 1.49. The minimum Gasteiger partial charge on any atom is -0.166 e. The Morgan fingerprint density at radius 3 is 2.23 bits per heavy atom. The Kier molecular flexibility index (Phi) is 3.40. The van der Waals surface area contributed by atoms with Crippen LogP contribution < -0.4 is 0 Å². The molecule has 0 unspecified atom stereocenters. The summed E-state index contributed by atoms with van der Waals surface area (Å²) in [6, 6.07) is 3.97. The van der Waals surface area contributed by atoms with Gasteiger partial charge in [0, 0.05) is 9.80 Å². The van der Waals surface area contributed by atoms with E-state index in [1.54, 1.807) is 0 Å². The van der Waals surface area contributed by atoms with Crippen molar-refractivity contribution in [2.24, 2.45) is 0 Å². The first kappa shape index (κ1) is 11.0. The van der Waals surface area contributed by atoms with Crippen LogP contribution in [0.15, 0.2) is 22.7 Å². The summed E-state index contributed by atoms with van der Waals surface area (Å²) in [5.74, 6) is 0. The lowest BCUT2D eigenvalue weighted by Crippen LogP contribution is -2.05. The third kappa shape index (κ3) is 2.71. The summed E-state index contributed by atoms with van der Waals surface area (Å²) in [6.45, 7) is 0. The highest BCUT2D eigenvalue weighted by Gasteiger charge is 2.32. The van der Waals surface area contributed by atoms with E-state index in [9.17, 15) is 13.2 Å². The molecule has 0 aliphatic carbocycles. The molecule has 0 nitrogen and oxygen atoms in total. The number of alkyl halides is 4. The Hall–Kier alpha value is -0.0300. The second-order valence-corrected chi connectivity index (χ2v) is 3.86. The van der Waals surface area contributed by atoms with Crippen molar-refractivity contribution < 1.29 is 13.2 Å². The molecule has 1 aromatic carbocycles. The van der Waals surface area contributed by atoms with Gasteiger partial charge in [-0.15, -0.1) is 0 Å². The maximum Gasteiger partial charge on any atom is 0.417 e. The Labute approximate surface area is 90.4 Å². The molecule has 1 aromatic rings. The quantitative estimate of drug-likeness (QED) is 0.675. The van der Waals surface area contributed by atoms with Crippen molar-refractivity contribution in [3.8, 4) is 0 Å². The van der Waals surface area contributed by atoms with Gasteiger partial charge in [0.1, 0.15) is 0 Å².